The molecule has 3 rings (SSSR count). The number of hydrazone groups is 1. The molecule has 0 aliphatic heterocycles. The summed E-state index contributed by atoms with van der Waals surface area (Å²) < 4.78 is 10.9. The number of rotatable bonds is 8. The zero-order valence-corrected chi connectivity index (χ0v) is 17.5. The van der Waals surface area contributed by atoms with Crippen LogP contribution in [0.2, 0.25) is 0 Å². The second-order valence-electron chi connectivity index (χ2n) is 6.85. The van der Waals surface area contributed by atoms with E-state index in [0.717, 1.165) is 23.3 Å². The molecule has 3 aromatic rings. The summed E-state index contributed by atoms with van der Waals surface area (Å²) in [6.45, 7) is 4.53. The van der Waals surface area contributed by atoms with Gasteiger partial charge in [-0.05, 0) is 79.1 Å². The van der Waals surface area contributed by atoms with Crippen LogP contribution in [-0.4, -0.2) is 24.7 Å². The van der Waals surface area contributed by atoms with Gasteiger partial charge in [-0.3, -0.25) is 4.79 Å². The average molecular weight is 416 g/mol. The van der Waals surface area contributed by atoms with Gasteiger partial charge in [0, 0.05) is 5.56 Å². The Hall–Kier alpha value is -3.93. The fourth-order valence-electron chi connectivity index (χ4n) is 2.75. The minimum atomic E-state index is -0.450. The van der Waals surface area contributed by atoms with E-state index in [9.17, 15) is 9.59 Å². The average Bonchev–Trinajstić information content (AvgIpc) is 2.79. The summed E-state index contributed by atoms with van der Waals surface area (Å²) in [7, 11) is 0. The minimum Gasteiger partial charge on any atom is -0.494 e. The van der Waals surface area contributed by atoms with Crippen LogP contribution >= 0.6 is 0 Å². The highest BCUT2D eigenvalue weighted by Crippen LogP contribution is 2.16. The molecular formula is C25H24N2O4. The first-order chi connectivity index (χ1) is 15.1. The smallest absolute Gasteiger partial charge is 0.343 e. The molecule has 0 heterocycles. The fraction of sp³-hybridized carbons (Fsp3) is 0.160. The summed E-state index contributed by atoms with van der Waals surface area (Å²) in [5.41, 5.74) is 5.15. The molecule has 0 aliphatic rings. The minimum absolute atomic E-state index is 0.272. The van der Waals surface area contributed by atoms with E-state index in [4.69, 9.17) is 9.47 Å². The number of hydrogen-bond donors (Lipinski definition) is 1. The van der Waals surface area contributed by atoms with Crippen molar-refractivity contribution < 1.29 is 19.1 Å². The molecule has 0 saturated heterocycles. The first-order valence-corrected chi connectivity index (χ1v) is 10.0. The largest absolute Gasteiger partial charge is 0.494 e. The molecule has 6 heteroatoms. The number of carbonyl (C=O) groups is 2. The lowest BCUT2D eigenvalue weighted by molar-refractivity contribution is 0.0734. The number of amides is 1. The molecule has 158 valence electrons. The van der Waals surface area contributed by atoms with Gasteiger partial charge in [-0.1, -0.05) is 25.1 Å². The lowest BCUT2D eigenvalue weighted by Gasteiger charge is -2.07. The third-order valence-corrected chi connectivity index (χ3v) is 4.42. The Kier molecular flexibility index (Phi) is 7.54. The maximum atomic E-state index is 12.3. The van der Waals surface area contributed by atoms with E-state index in [-0.39, 0.29) is 5.91 Å². The molecule has 6 nitrogen and oxygen atoms in total. The molecule has 0 radical (unpaired) electrons. The molecule has 0 fully saturated rings. The lowest BCUT2D eigenvalue weighted by atomic mass is 10.1. The summed E-state index contributed by atoms with van der Waals surface area (Å²) in [6.07, 6.45) is 2.44. The van der Waals surface area contributed by atoms with Crippen LogP contribution in [-0.2, 0) is 0 Å². The van der Waals surface area contributed by atoms with E-state index in [1.165, 1.54) is 6.21 Å². The van der Waals surface area contributed by atoms with Crippen LogP contribution < -0.4 is 14.9 Å². The third kappa shape index (κ3) is 6.27. The Morgan fingerprint density at radius 3 is 2.29 bits per heavy atom. The molecule has 1 N–H and O–H groups in total. The van der Waals surface area contributed by atoms with Gasteiger partial charge in [0.05, 0.1) is 18.4 Å². The van der Waals surface area contributed by atoms with Crippen molar-refractivity contribution in [3.05, 3.63) is 95.1 Å². The van der Waals surface area contributed by atoms with Gasteiger partial charge < -0.3 is 9.47 Å². The highest BCUT2D eigenvalue weighted by molar-refractivity contribution is 5.96. The number of esters is 1. The Balaban J connectivity index is 1.53. The lowest BCUT2D eigenvalue weighted by Crippen LogP contribution is -2.18. The van der Waals surface area contributed by atoms with E-state index in [1.807, 2.05) is 26.0 Å². The topological polar surface area (TPSA) is 77.0 Å². The Morgan fingerprint density at radius 1 is 0.935 bits per heavy atom. The summed E-state index contributed by atoms with van der Waals surface area (Å²) in [6, 6.07) is 21.0. The summed E-state index contributed by atoms with van der Waals surface area (Å²) >= 11 is 0. The van der Waals surface area contributed by atoms with Crippen molar-refractivity contribution in [2.75, 3.05) is 6.61 Å². The van der Waals surface area contributed by atoms with E-state index in [1.54, 1.807) is 60.7 Å². The predicted octanol–water partition coefficient (Wildman–Crippen LogP) is 4.77. The maximum absolute atomic E-state index is 12.3. The van der Waals surface area contributed by atoms with Crippen molar-refractivity contribution in [2.45, 2.75) is 20.3 Å². The number of nitrogens with zero attached hydrogens (tertiary/aromatic N) is 1. The van der Waals surface area contributed by atoms with Gasteiger partial charge in [-0.25, -0.2) is 10.2 Å². The van der Waals surface area contributed by atoms with Gasteiger partial charge in [0.25, 0.3) is 5.91 Å². The van der Waals surface area contributed by atoms with Crippen LogP contribution in [0.15, 0.2) is 77.9 Å². The molecular weight excluding hydrogens is 392 g/mol. The molecule has 0 aromatic heterocycles. The number of benzene rings is 3. The summed E-state index contributed by atoms with van der Waals surface area (Å²) in [4.78, 5) is 24.4. The van der Waals surface area contributed by atoms with Crippen molar-refractivity contribution in [2.24, 2.45) is 5.10 Å². The maximum Gasteiger partial charge on any atom is 0.343 e. The molecule has 3 aromatic carbocycles. The molecule has 0 aliphatic carbocycles. The summed E-state index contributed by atoms with van der Waals surface area (Å²) in [5.74, 6) is 0.411. The van der Waals surface area contributed by atoms with Crippen LogP contribution in [0.3, 0.4) is 0 Å². The van der Waals surface area contributed by atoms with E-state index in [2.05, 4.69) is 10.5 Å². The van der Waals surface area contributed by atoms with Crippen molar-refractivity contribution in [3.63, 3.8) is 0 Å². The highest BCUT2D eigenvalue weighted by Gasteiger charge is 2.09. The van der Waals surface area contributed by atoms with Crippen molar-refractivity contribution in [1.82, 2.24) is 5.43 Å². The van der Waals surface area contributed by atoms with Crippen molar-refractivity contribution in [3.8, 4) is 11.5 Å². The quantitative estimate of drug-likeness (QED) is 0.248. The Morgan fingerprint density at radius 2 is 1.61 bits per heavy atom. The van der Waals surface area contributed by atoms with Gasteiger partial charge in [0.1, 0.15) is 11.5 Å². The Labute approximate surface area is 181 Å². The highest BCUT2D eigenvalue weighted by atomic mass is 16.5. The molecule has 0 unspecified atom stereocenters. The predicted molar refractivity (Wildman–Crippen MR) is 120 cm³/mol. The number of hydrogen-bond acceptors (Lipinski definition) is 5. The second-order valence-corrected chi connectivity index (χ2v) is 6.85. The van der Waals surface area contributed by atoms with Crippen LogP contribution in [0.1, 0.15) is 45.2 Å². The van der Waals surface area contributed by atoms with Crippen LogP contribution in [0, 0.1) is 6.92 Å². The van der Waals surface area contributed by atoms with Crippen LogP contribution in [0.5, 0.6) is 11.5 Å². The monoisotopic (exact) mass is 416 g/mol. The number of aryl methyl sites for hydroxylation is 1. The molecule has 31 heavy (non-hydrogen) atoms. The first kappa shape index (κ1) is 21.8. The SMILES string of the molecule is CCCOc1ccc(C(=O)Oc2ccc(C=NNC(=O)c3ccccc3C)cc2)cc1. The third-order valence-electron chi connectivity index (χ3n) is 4.42. The van der Waals surface area contributed by atoms with Crippen LogP contribution in [0.25, 0.3) is 0 Å². The molecule has 0 atom stereocenters. The van der Waals surface area contributed by atoms with Gasteiger partial charge in [-0.15, -0.1) is 0 Å². The van der Waals surface area contributed by atoms with E-state index >= 15 is 0 Å². The number of carbonyl (C=O) groups excluding carboxylic acids is 2. The van der Waals surface area contributed by atoms with Crippen LogP contribution in [0.4, 0.5) is 0 Å². The fourth-order valence-corrected chi connectivity index (χ4v) is 2.75. The number of nitrogens with one attached hydrogen (secondary N) is 1. The normalized spacial score (nSPS) is 10.6. The zero-order valence-electron chi connectivity index (χ0n) is 17.5. The van der Waals surface area contributed by atoms with Crippen molar-refractivity contribution >= 4 is 18.1 Å². The number of ether oxygens (including phenoxy) is 2. The summed E-state index contributed by atoms with van der Waals surface area (Å²) in [5, 5.41) is 3.98. The van der Waals surface area contributed by atoms with Crippen molar-refractivity contribution in [1.29, 1.82) is 0 Å². The second kappa shape index (κ2) is 10.7. The molecule has 0 spiro atoms. The van der Waals surface area contributed by atoms with Gasteiger partial charge >= 0.3 is 5.97 Å². The van der Waals surface area contributed by atoms with E-state index in [0.29, 0.717) is 23.5 Å². The molecule has 0 bridgehead atoms. The van der Waals surface area contributed by atoms with E-state index < -0.39 is 5.97 Å². The van der Waals surface area contributed by atoms with Gasteiger partial charge in [-0.2, -0.15) is 5.10 Å². The molecule has 0 saturated carbocycles. The Bertz CT molecular complexity index is 1060. The molecule has 1 amide bonds. The first-order valence-electron chi connectivity index (χ1n) is 10.0. The van der Waals surface area contributed by atoms with Gasteiger partial charge in [0.2, 0.25) is 0 Å². The standard InChI is InChI=1S/C25H24N2O4/c1-3-16-30-21-14-10-20(11-15-21)25(29)31-22-12-8-19(9-13-22)17-26-27-24(28)23-7-5-4-6-18(23)2/h4-15,17H,3,16H2,1-2H3,(H,27,28). The zero-order chi connectivity index (χ0) is 22.1. The van der Waals surface area contributed by atoms with Gasteiger partial charge in [0.15, 0.2) is 0 Å².